The van der Waals surface area contributed by atoms with Crippen molar-refractivity contribution in [3.8, 4) is 17.2 Å². The van der Waals surface area contributed by atoms with Crippen molar-refractivity contribution in [2.75, 3.05) is 14.2 Å². The molecule has 0 unspecified atom stereocenters. The molecule has 2 aromatic rings. The molecule has 0 atom stereocenters. The lowest BCUT2D eigenvalue weighted by Crippen LogP contribution is -2.01. The molecule has 0 radical (unpaired) electrons. The Kier molecular flexibility index (Phi) is 5.15. The largest absolute Gasteiger partial charge is 0.504 e. The smallest absolute Gasteiger partial charge is 0.220 e. The van der Waals surface area contributed by atoms with Gasteiger partial charge in [0.15, 0.2) is 23.0 Å². The van der Waals surface area contributed by atoms with Crippen molar-refractivity contribution >= 4 is 11.9 Å². The second-order valence-electron chi connectivity index (χ2n) is 4.63. The molecule has 0 aromatic heterocycles. The monoisotopic (exact) mass is 312 g/mol. The third-order valence-corrected chi connectivity index (χ3v) is 3.22. The van der Waals surface area contributed by atoms with Crippen molar-refractivity contribution < 1.29 is 19.4 Å². The van der Waals surface area contributed by atoms with Gasteiger partial charge in [-0.15, -0.1) is 0 Å². The molecular weight excluding hydrogens is 296 g/mol. The number of rotatable bonds is 5. The number of carbonyl (C=O) groups excluding carboxylic acids is 1. The lowest BCUT2D eigenvalue weighted by atomic mass is 10.1. The molecule has 5 nitrogen and oxygen atoms in total. The standard InChI is InChI=1S/C18H16O5/c1-22-16-9-5-6-12(18(16)23-2)10-11-14(19)13-7-3-4-8-15(20)17(13)21/h3-11H,1-2H3,(H,20,21)/b11-10-. The lowest BCUT2D eigenvalue weighted by Gasteiger charge is -2.09. The van der Waals surface area contributed by atoms with E-state index in [-0.39, 0.29) is 5.56 Å². The number of allylic oxidation sites excluding steroid dienone is 1. The van der Waals surface area contributed by atoms with E-state index in [1.165, 1.54) is 44.6 Å². The van der Waals surface area contributed by atoms with E-state index in [9.17, 15) is 14.7 Å². The Morgan fingerprint density at radius 1 is 1.04 bits per heavy atom. The van der Waals surface area contributed by atoms with Crippen LogP contribution in [0.1, 0.15) is 15.9 Å². The third-order valence-electron chi connectivity index (χ3n) is 3.22. The van der Waals surface area contributed by atoms with Gasteiger partial charge >= 0.3 is 0 Å². The summed E-state index contributed by atoms with van der Waals surface area (Å²) in [5.41, 5.74) is -0.0221. The van der Waals surface area contributed by atoms with Crippen LogP contribution in [0.4, 0.5) is 0 Å². The quantitative estimate of drug-likeness (QED) is 0.679. The number of para-hydroxylation sites is 1. The zero-order chi connectivity index (χ0) is 16.8. The van der Waals surface area contributed by atoms with Gasteiger partial charge in [-0.25, -0.2) is 0 Å². The Morgan fingerprint density at radius 3 is 2.48 bits per heavy atom. The minimum atomic E-state index is -0.606. The van der Waals surface area contributed by atoms with Gasteiger partial charge in [0.25, 0.3) is 0 Å². The van der Waals surface area contributed by atoms with Crippen molar-refractivity contribution in [2.24, 2.45) is 0 Å². The number of aromatic hydroxyl groups is 1. The molecule has 2 rings (SSSR count). The summed E-state index contributed by atoms with van der Waals surface area (Å²) in [5, 5.41) is 9.80. The SMILES string of the molecule is COc1cccc(/C=C\C(=O)c2ccccc(=O)c2O)c1OC. The van der Waals surface area contributed by atoms with E-state index in [2.05, 4.69) is 0 Å². The maximum atomic E-state index is 12.2. The molecule has 5 heteroatoms. The van der Waals surface area contributed by atoms with Gasteiger partial charge in [0.2, 0.25) is 5.43 Å². The van der Waals surface area contributed by atoms with Gasteiger partial charge in [0, 0.05) is 5.56 Å². The summed E-state index contributed by atoms with van der Waals surface area (Å²) >= 11 is 0. The Bertz CT molecular complexity index is 809. The molecule has 118 valence electrons. The number of hydrogen-bond acceptors (Lipinski definition) is 5. The summed E-state index contributed by atoms with van der Waals surface area (Å²) in [6.45, 7) is 0. The summed E-state index contributed by atoms with van der Waals surface area (Å²) in [5.74, 6) is -0.0211. The lowest BCUT2D eigenvalue weighted by molar-refractivity contribution is 0.104. The molecule has 0 fully saturated rings. The second kappa shape index (κ2) is 7.26. The molecule has 23 heavy (non-hydrogen) atoms. The highest BCUT2D eigenvalue weighted by atomic mass is 16.5. The van der Waals surface area contributed by atoms with Gasteiger partial charge in [-0.3, -0.25) is 9.59 Å². The predicted octanol–water partition coefficient (Wildman–Crippen LogP) is 2.67. The Morgan fingerprint density at radius 2 is 1.78 bits per heavy atom. The molecule has 0 spiro atoms. The van der Waals surface area contributed by atoms with Crippen LogP contribution >= 0.6 is 0 Å². The summed E-state index contributed by atoms with van der Waals surface area (Å²) < 4.78 is 10.5. The molecule has 2 aromatic carbocycles. The number of ether oxygens (including phenoxy) is 2. The first-order valence-corrected chi connectivity index (χ1v) is 6.84. The van der Waals surface area contributed by atoms with Crippen LogP contribution in [-0.4, -0.2) is 25.1 Å². The van der Waals surface area contributed by atoms with Crippen molar-refractivity contribution in [1.29, 1.82) is 0 Å². The van der Waals surface area contributed by atoms with Gasteiger partial charge < -0.3 is 14.6 Å². The first-order valence-electron chi connectivity index (χ1n) is 6.84. The number of hydrogen-bond donors (Lipinski definition) is 1. The van der Waals surface area contributed by atoms with Crippen molar-refractivity contribution in [3.63, 3.8) is 0 Å². The number of methoxy groups -OCH3 is 2. The van der Waals surface area contributed by atoms with E-state index >= 15 is 0 Å². The highest BCUT2D eigenvalue weighted by molar-refractivity contribution is 6.08. The van der Waals surface area contributed by atoms with Crippen molar-refractivity contribution in [2.45, 2.75) is 0 Å². The van der Waals surface area contributed by atoms with Crippen LogP contribution in [0.5, 0.6) is 17.2 Å². The van der Waals surface area contributed by atoms with Crippen LogP contribution in [0, 0.1) is 0 Å². The van der Waals surface area contributed by atoms with Gasteiger partial charge in [-0.1, -0.05) is 24.3 Å². The van der Waals surface area contributed by atoms with Crippen LogP contribution in [0.25, 0.3) is 6.08 Å². The van der Waals surface area contributed by atoms with Gasteiger partial charge in [0.1, 0.15) is 0 Å². The topological polar surface area (TPSA) is 72.8 Å². The van der Waals surface area contributed by atoms with Crippen LogP contribution < -0.4 is 14.9 Å². The minimum Gasteiger partial charge on any atom is -0.504 e. The van der Waals surface area contributed by atoms with Crippen LogP contribution in [0.15, 0.2) is 53.3 Å². The summed E-state index contributed by atoms with van der Waals surface area (Å²) in [4.78, 5) is 23.8. The molecule has 0 saturated carbocycles. The summed E-state index contributed by atoms with van der Waals surface area (Å²) in [7, 11) is 3.03. The Hall–Kier alpha value is -3.08. The fraction of sp³-hybridized carbons (Fsp3) is 0.111. The number of carbonyl (C=O) groups is 1. The van der Waals surface area contributed by atoms with Gasteiger partial charge in [-0.2, -0.15) is 0 Å². The molecule has 0 amide bonds. The first kappa shape index (κ1) is 16.3. The van der Waals surface area contributed by atoms with Crippen LogP contribution in [-0.2, 0) is 0 Å². The molecule has 0 saturated heterocycles. The highest BCUT2D eigenvalue weighted by Gasteiger charge is 2.11. The maximum absolute atomic E-state index is 12.2. The molecule has 0 aliphatic rings. The molecule has 0 bridgehead atoms. The molecular formula is C18H16O5. The average molecular weight is 312 g/mol. The molecule has 0 heterocycles. The van der Waals surface area contributed by atoms with E-state index < -0.39 is 17.0 Å². The van der Waals surface area contributed by atoms with E-state index in [0.717, 1.165) is 0 Å². The molecule has 0 aliphatic heterocycles. The van der Waals surface area contributed by atoms with Crippen LogP contribution in [0.2, 0.25) is 0 Å². The second-order valence-corrected chi connectivity index (χ2v) is 4.63. The van der Waals surface area contributed by atoms with Crippen LogP contribution in [0.3, 0.4) is 0 Å². The first-order chi connectivity index (χ1) is 11.1. The van der Waals surface area contributed by atoms with Crippen molar-refractivity contribution in [3.05, 3.63) is 69.9 Å². The number of benzene rings is 1. The molecule has 1 N–H and O–H groups in total. The van der Waals surface area contributed by atoms with E-state index in [1.54, 1.807) is 24.3 Å². The van der Waals surface area contributed by atoms with E-state index in [4.69, 9.17) is 9.47 Å². The maximum Gasteiger partial charge on any atom is 0.220 e. The normalized spacial score (nSPS) is 10.5. The summed E-state index contributed by atoms with van der Waals surface area (Å²) in [6, 6.07) is 10.8. The third kappa shape index (κ3) is 3.58. The van der Waals surface area contributed by atoms with Crippen molar-refractivity contribution in [1.82, 2.24) is 0 Å². The zero-order valence-electron chi connectivity index (χ0n) is 12.8. The molecule has 0 aliphatic carbocycles. The van der Waals surface area contributed by atoms with Gasteiger partial charge in [-0.05, 0) is 30.4 Å². The average Bonchev–Trinajstić information content (AvgIpc) is 2.74. The predicted molar refractivity (Wildman–Crippen MR) is 87.3 cm³/mol. The fourth-order valence-electron chi connectivity index (χ4n) is 2.08. The fourth-order valence-corrected chi connectivity index (χ4v) is 2.08. The van der Waals surface area contributed by atoms with E-state index in [1.807, 2.05) is 0 Å². The Labute approximate surface area is 133 Å². The highest BCUT2D eigenvalue weighted by Crippen LogP contribution is 2.31. The number of ketones is 1. The van der Waals surface area contributed by atoms with Gasteiger partial charge in [0.05, 0.1) is 19.8 Å². The Balaban J connectivity index is 2.39. The zero-order valence-corrected chi connectivity index (χ0v) is 12.8. The summed E-state index contributed by atoms with van der Waals surface area (Å²) in [6.07, 6.45) is 2.81. The van der Waals surface area contributed by atoms with E-state index in [0.29, 0.717) is 17.1 Å². The minimum absolute atomic E-state index is 0.0573.